The molecule has 0 bridgehead atoms. The summed E-state index contributed by atoms with van der Waals surface area (Å²) in [6.45, 7) is 13.9. The van der Waals surface area contributed by atoms with Crippen LogP contribution in [0.3, 0.4) is 0 Å². The van der Waals surface area contributed by atoms with Gasteiger partial charge in [-0.1, -0.05) is 37.1 Å². The van der Waals surface area contributed by atoms with E-state index < -0.39 is 0 Å². The summed E-state index contributed by atoms with van der Waals surface area (Å²) in [6.07, 6.45) is 4.83. The Morgan fingerprint density at radius 2 is 1.17 bits per heavy atom. The van der Waals surface area contributed by atoms with Gasteiger partial charge in [0.05, 0.1) is 0 Å². The lowest BCUT2D eigenvalue weighted by atomic mass is 9.92. The van der Waals surface area contributed by atoms with Crippen molar-refractivity contribution < 1.29 is 0 Å². The van der Waals surface area contributed by atoms with E-state index in [-0.39, 0.29) is 0 Å². The zero-order valence-corrected chi connectivity index (χ0v) is 13.9. The van der Waals surface area contributed by atoms with E-state index in [9.17, 15) is 0 Å². The van der Waals surface area contributed by atoms with Crippen LogP contribution in [-0.2, 0) is 0 Å². The van der Waals surface area contributed by atoms with Crippen LogP contribution in [0.5, 0.6) is 0 Å². The van der Waals surface area contributed by atoms with Gasteiger partial charge in [-0.25, -0.2) is 0 Å². The first-order valence-corrected chi connectivity index (χ1v) is 8.53. The smallest absolute Gasteiger partial charge is 0.0361 e. The standard InChI is InChI=1S/C16H24S2/c1-9-7-11(3)17-15(9)13(5)14(6)16-10(2)8-12(4)18-16/h7-10,15-16H,1-6H3. The highest BCUT2D eigenvalue weighted by molar-refractivity contribution is 8.04. The second-order valence-corrected chi connectivity index (χ2v) is 8.49. The van der Waals surface area contributed by atoms with Gasteiger partial charge in [0.15, 0.2) is 0 Å². The van der Waals surface area contributed by atoms with Gasteiger partial charge in [0.1, 0.15) is 0 Å². The third kappa shape index (κ3) is 2.75. The fourth-order valence-corrected chi connectivity index (χ4v) is 5.72. The average molecular weight is 281 g/mol. The maximum absolute atomic E-state index is 2.42. The molecule has 2 heterocycles. The molecule has 0 amide bonds. The third-order valence-corrected chi connectivity index (χ3v) is 7.14. The minimum Gasteiger partial charge on any atom is -0.123 e. The zero-order chi connectivity index (χ0) is 13.4. The molecule has 0 aromatic rings. The molecule has 100 valence electrons. The van der Waals surface area contributed by atoms with Crippen LogP contribution in [0.25, 0.3) is 0 Å². The molecule has 2 rings (SSSR count). The van der Waals surface area contributed by atoms with Crippen molar-refractivity contribution in [2.75, 3.05) is 0 Å². The number of thioether (sulfide) groups is 2. The Hall–Kier alpha value is -0.0800. The van der Waals surface area contributed by atoms with Crippen molar-refractivity contribution in [2.24, 2.45) is 11.8 Å². The van der Waals surface area contributed by atoms with Crippen molar-refractivity contribution in [3.63, 3.8) is 0 Å². The molecule has 2 heteroatoms. The molecule has 0 spiro atoms. The highest BCUT2D eigenvalue weighted by atomic mass is 32.2. The van der Waals surface area contributed by atoms with Gasteiger partial charge in [0.2, 0.25) is 0 Å². The SMILES string of the molecule is CC1=CC(C)C(C(C)=C(C)C2SC(C)=CC2C)S1. The summed E-state index contributed by atoms with van der Waals surface area (Å²) < 4.78 is 0. The summed E-state index contributed by atoms with van der Waals surface area (Å²) in [5.41, 5.74) is 3.21. The Bertz CT molecular complexity index is 388. The van der Waals surface area contributed by atoms with Crippen LogP contribution in [0.4, 0.5) is 0 Å². The quantitative estimate of drug-likeness (QED) is 0.601. The molecule has 2 aliphatic heterocycles. The van der Waals surface area contributed by atoms with E-state index in [1.807, 2.05) is 23.5 Å². The molecule has 0 fully saturated rings. The molecule has 0 saturated heterocycles. The van der Waals surface area contributed by atoms with Crippen LogP contribution < -0.4 is 0 Å². The minimum atomic E-state index is 0.665. The summed E-state index contributed by atoms with van der Waals surface area (Å²) in [7, 11) is 0. The van der Waals surface area contributed by atoms with E-state index >= 15 is 0 Å². The molecule has 0 radical (unpaired) electrons. The fourth-order valence-electron chi connectivity index (χ4n) is 3.02. The van der Waals surface area contributed by atoms with E-state index in [1.54, 1.807) is 11.1 Å². The molecule has 0 aromatic carbocycles. The average Bonchev–Trinajstić information content (AvgIpc) is 2.79. The van der Waals surface area contributed by atoms with Crippen molar-refractivity contribution in [1.82, 2.24) is 0 Å². The highest BCUT2D eigenvalue weighted by Crippen LogP contribution is 2.45. The molecule has 0 aromatic heterocycles. The normalized spacial score (nSPS) is 37.4. The van der Waals surface area contributed by atoms with Gasteiger partial charge in [-0.05, 0) is 49.3 Å². The fraction of sp³-hybridized carbons (Fsp3) is 0.625. The van der Waals surface area contributed by atoms with Crippen molar-refractivity contribution in [1.29, 1.82) is 0 Å². The van der Waals surface area contributed by atoms with E-state index in [4.69, 9.17) is 0 Å². The van der Waals surface area contributed by atoms with Crippen LogP contribution in [0, 0.1) is 11.8 Å². The van der Waals surface area contributed by atoms with Crippen molar-refractivity contribution in [2.45, 2.75) is 52.0 Å². The van der Waals surface area contributed by atoms with Gasteiger partial charge in [0, 0.05) is 10.5 Å². The Kier molecular flexibility index (Phi) is 4.38. The topological polar surface area (TPSA) is 0 Å². The maximum Gasteiger partial charge on any atom is 0.0361 e. The molecular weight excluding hydrogens is 256 g/mol. The third-order valence-electron chi connectivity index (χ3n) is 4.05. The Morgan fingerprint density at radius 1 is 0.833 bits per heavy atom. The van der Waals surface area contributed by atoms with Crippen molar-refractivity contribution in [3.8, 4) is 0 Å². The van der Waals surface area contributed by atoms with E-state index in [0.717, 1.165) is 0 Å². The lowest BCUT2D eigenvalue weighted by Crippen LogP contribution is -2.17. The lowest BCUT2D eigenvalue weighted by Gasteiger charge is -2.24. The first-order chi connectivity index (χ1) is 8.40. The number of rotatable bonds is 2. The van der Waals surface area contributed by atoms with Gasteiger partial charge in [-0.15, -0.1) is 23.5 Å². The van der Waals surface area contributed by atoms with Crippen molar-refractivity contribution in [3.05, 3.63) is 33.1 Å². The van der Waals surface area contributed by atoms with Crippen LogP contribution in [-0.4, -0.2) is 10.5 Å². The van der Waals surface area contributed by atoms with Gasteiger partial charge in [0.25, 0.3) is 0 Å². The van der Waals surface area contributed by atoms with Crippen LogP contribution >= 0.6 is 23.5 Å². The van der Waals surface area contributed by atoms with Gasteiger partial charge < -0.3 is 0 Å². The first kappa shape index (κ1) is 14.3. The Morgan fingerprint density at radius 3 is 1.39 bits per heavy atom. The summed E-state index contributed by atoms with van der Waals surface area (Å²) in [5.74, 6) is 1.36. The van der Waals surface area contributed by atoms with Crippen LogP contribution in [0.2, 0.25) is 0 Å². The molecule has 0 nitrogen and oxygen atoms in total. The Balaban J connectivity index is 2.16. The van der Waals surface area contributed by atoms with Crippen LogP contribution in [0.15, 0.2) is 33.1 Å². The largest absolute Gasteiger partial charge is 0.123 e. The molecule has 0 aliphatic carbocycles. The van der Waals surface area contributed by atoms with E-state index in [2.05, 4.69) is 53.7 Å². The molecule has 2 aliphatic rings. The number of hydrogen-bond donors (Lipinski definition) is 0. The van der Waals surface area contributed by atoms with Crippen molar-refractivity contribution >= 4 is 23.5 Å². The second-order valence-electron chi connectivity index (χ2n) is 5.72. The summed E-state index contributed by atoms with van der Waals surface area (Å²) in [5, 5.41) is 1.33. The predicted octanol–water partition coefficient (Wildman–Crippen LogP) is 5.63. The van der Waals surface area contributed by atoms with E-state index in [1.165, 1.54) is 9.81 Å². The molecule has 4 unspecified atom stereocenters. The summed E-state index contributed by atoms with van der Waals surface area (Å²) in [6, 6.07) is 0. The number of allylic oxidation sites excluding steroid dienone is 4. The Labute approximate surface area is 120 Å². The molecule has 18 heavy (non-hydrogen) atoms. The molecular formula is C16H24S2. The molecule has 4 atom stereocenters. The minimum absolute atomic E-state index is 0.665. The predicted molar refractivity (Wildman–Crippen MR) is 87.0 cm³/mol. The van der Waals surface area contributed by atoms with E-state index in [0.29, 0.717) is 22.3 Å². The number of hydrogen-bond acceptors (Lipinski definition) is 2. The summed E-state index contributed by atoms with van der Waals surface area (Å²) in [4.78, 5) is 2.97. The molecule has 0 saturated carbocycles. The van der Waals surface area contributed by atoms with Gasteiger partial charge >= 0.3 is 0 Å². The molecule has 0 N–H and O–H groups in total. The van der Waals surface area contributed by atoms with Gasteiger partial charge in [-0.3, -0.25) is 0 Å². The first-order valence-electron chi connectivity index (χ1n) is 6.77. The van der Waals surface area contributed by atoms with Crippen LogP contribution in [0.1, 0.15) is 41.5 Å². The monoisotopic (exact) mass is 280 g/mol. The highest BCUT2D eigenvalue weighted by Gasteiger charge is 2.30. The zero-order valence-electron chi connectivity index (χ0n) is 12.3. The second kappa shape index (κ2) is 5.50. The maximum atomic E-state index is 2.42. The summed E-state index contributed by atoms with van der Waals surface area (Å²) >= 11 is 4.10. The van der Waals surface area contributed by atoms with Gasteiger partial charge in [-0.2, -0.15) is 0 Å². The lowest BCUT2D eigenvalue weighted by molar-refractivity contribution is 0.704.